The van der Waals surface area contributed by atoms with E-state index in [9.17, 15) is 14.4 Å². The fourth-order valence-corrected chi connectivity index (χ4v) is 3.80. The number of amides is 4. The minimum absolute atomic E-state index is 0.112. The van der Waals surface area contributed by atoms with Crippen LogP contribution in [0.2, 0.25) is 0 Å². The number of imide groups is 1. The van der Waals surface area contributed by atoms with Gasteiger partial charge in [0.05, 0.1) is 19.8 Å². The predicted octanol–water partition coefficient (Wildman–Crippen LogP) is 1.66. The fraction of sp³-hybridized carbons (Fsp3) is 0.435. The Labute approximate surface area is 188 Å². The molecule has 4 amide bonds. The molecule has 9 heteroatoms. The van der Waals surface area contributed by atoms with E-state index in [1.54, 1.807) is 13.2 Å². The van der Waals surface area contributed by atoms with Crippen molar-refractivity contribution in [3.05, 3.63) is 53.8 Å². The molecule has 2 N–H and O–H groups in total. The number of ether oxygens (including phenoxy) is 2. The first-order valence-electron chi connectivity index (χ1n) is 10.6. The van der Waals surface area contributed by atoms with Crippen LogP contribution >= 0.6 is 0 Å². The molecule has 0 saturated carbocycles. The summed E-state index contributed by atoms with van der Waals surface area (Å²) in [7, 11) is 3.54. The first-order valence-corrected chi connectivity index (χ1v) is 10.6. The molecule has 3 aliphatic rings. The first-order chi connectivity index (χ1) is 15.4. The lowest BCUT2D eigenvalue weighted by Crippen LogP contribution is -2.33. The van der Waals surface area contributed by atoms with Gasteiger partial charge in [0.25, 0.3) is 11.8 Å². The van der Waals surface area contributed by atoms with Crippen molar-refractivity contribution < 1.29 is 23.9 Å². The zero-order chi connectivity index (χ0) is 23.3. The van der Waals surface area contributed by atoms with Crippen molar-refractivity contribution in [2.75, 3.05) is 33.9 Å². The van der Waals surface area contributed by atoms with Crippen LogP contribution in [0.5, 0.6) is 5.75 Å². The molecule has 0 radical (unpaired) electrons. The van der Waals surface area contributed by atoms with Crippen LogP contribution in [0.1, 0.15) is 29.3 Å². The number of hydrogen-bond donors (Lipinski definition) is 2. The van der Waals surface area contributed by atoms with Gasteiger partial charge in [0.1, 0.15) is 11.8 Å². The highest BCUT2D eigenvalue weighted by Gasteiger charge is 2.32. The molecule has 0 aromatic heterocycles. The van der Waals surface area contributed by atoms with Crippen molar-refractivity contribution in [3.8, 4) is 5.75 Å². The second kappa shape index (κ2) is 10.3. The highest BCUT2D eigenvalue weighted by atomic mass is 16.5. The van der Waals surface area contributed by atoms with E-state index >= 15 is 0 Å². The molecule has 0 aliphatic carbocycles. The van der Waals surface area contributed by atoms with Crippen LogP contribution in [0.25, 0.3) is 0 Å². The maximum Gasteiger partial charge on any atom is 0.322 e. The van der Waals surface area contributed by atoms with Crippen LogP contribution in [0, 0.1) is 0 Å². The summed E-state index contributed by atoms with van der Waals surface area (Å²) in [5.74, 6) is 0.513. The van der Waals surface area contributed by atoms with Crippen molar-refractivity contribution in [1.82, 2.24) is 20.4 Å². The topological polar surface area (TPSA) is 100 Å². The molecule has 3 heterocycles. The summed E-state index contributed by atoms with van der Waals surface area (Å²) in [6.07, 6.45) is 4.38. The number of carbonyl (C=O) groups excluding carboxylic acids is 3. The van der Waals surface area contributed by atoms with Gasteiger partial charge in [-0.05, 0) is 36.6 Å². The minimum Gasteiger partial charge on any atom is -0.497 e. The third-order valence-corrected chi connectivity index (χ3v) is 5.76. The Kier molecular flexibility index (Phi) is 7.53. The smallest absolute Gasteiger partial charge is 0.322 e. The summed E-state index contributed by atoms with van der Waals surface area (Å²) in [5, 5.41) is 4.76. The molecule has 0 bridgehead atoms. The number of nitrogens with zero attached hydrogens (tertiary/aromatic N) is 2. The third kappa shape index (κ3) is 5.11. The number of nitrogens with one attached hydrogen (secondary N) is 2. The molecule has 32 heavy (non-hydrogen) atoms. The number of methoxy groups -OCH3 is 1. The number of fused-ring (bicyclic) bond motifs is 1. The molecule has 2 atom stereocenters. The molecule has 3 aliphatic heterocycles. The molecular formula is C23H30N4O5. The predicted molar refractivity (Wildman–Crippen MR) is 119 cm³/mol. The number of likely N-dealkylation sites (N-methyl/N-ethyl adjacent to an activating group) is 1. The van der Waals surface area contributed by atoms with Crippen molar-refractivity contribution in [1.29, 1.82) is 0 Å². The Morgan fingerprint density at radius 2 is 2.16 bits per heavy atom. The van der Waals surface area contributed by atoms with Crippen LogP contribution in [-0.4, -0.2) is 73.6 Å². The SMILES string of the molecule is C=C/C(=C\N(C)C1CCOC1)C1NC(=O)NC1=O.CCN1Cc2ccc(OC)cc2C1=O. The summed E-state index contributed by atoms with van der Waals surface area (Å²) in [4.78, 5) is 38.2. The van der Waals surface area contributed by atoms with E-state index in [0.29, 0.717) is 18.2 Å². The molecule has 4 rings (SSSR count). The average molecular weight is 443 g/mol. The highest BCUT2D eigenvalue weighted by Crippen LogP contribution is 2.26. The van der Waals surface area contributed by atoms with Gasteiger partial charge in [-0.15, -0.1) is 0 Å². The molecule has 9 nitrogen and oxygen atoms in total. The minimum atomic E-state index is -0.653. The number of hydrogen-bond acceptors (Lipinski definition) is 6. The van der Waals surface area contributed by atoms with Crippen molar-refractivity contribution in [3.63, 3.8) is 0 Å². The number of urea groups is 1. The Morgan fingerprint density at radius 1 is 1.38 bits per heavy atom. The summed E-state index contributed by atoms with van der Waals surface area (Å²) in [6, 6.07) is 4.85. The van der Waals surface area contributed by atoms with Crippen LogP contribution in [-0.2, 0) is 16.1 Å². The maximum atomic E-state index is 11.8. The molecule has 0 spiro atoms. The van der Waals surface area contributed by atoms with Crippen LogP contribution < -0.4 is 15.4 Å². The molecule has 2 unspecified atom stereocenters. The number of rotatable bonds is 6. The van der Waals surface area contributed by atoms with Gasteiger partial charge < -0.3 is 24.6 Å². The Balaban J connectivity index is 0.000000186. The highest BCUT2D eigenvalue weighted by molar-refractivity contribution is 6.06. The lowest BCUT2D eigenvalue weighted by Gasteiger charge is -2.23. The summed E-state index contributed by atoms with van der Waals surface area (Å²) in [5.41, 5.74) is 2.55. The normalized spacial score (nSPS) is 22.0. The van der Waals surface area contributed by atoms with Gasteiger partial charge in [0.15, 0.2) is 0 Å². The van der Waals surface area contributed by atoms with E-state index in [1.165, 1.54) is 0 Å². The van der Waals surface area contributed by atoms with E-state index in [1.807, 2.05) is 48.2 Å². The fourth-order valence-electron chi connectivity index (χ4n) is 3.80. The Bertz CT molecular complexity index is 923. The lowest BCUT2D eigenvalue weighted by molar-refractivity contribution is -0.119. The van der Waals surface area contributed by atoms with Crippen LogP contribution in [0.4, 0.5) is 4.79 Å². The van der Waals surface area contributed by atoms with E-state index < -0.39 is 12.1 Å². The molecule has 1 aromatic carbocycles. The second-order valence-corrected chi connectivity index (χ2v) is 7.75. The quantitative estimate of drug-likeness (QED) is 0.513. The molecule has 172 valence electrons. The van der Waals surface area contributed by atoms with E-state index in [4.69, 9.17) is 9.47 Å². The Morgan fingerprint density at radius 3 is 2.72 bits per heavy atom. The molecular weight excluding hydrogens is 412 g/mol. The maximum absolute atomic E-state index is 11.8. The summed E-state index contributed by atoms with van der Waals surface area (Å²) < 4.78 is 10.4. The standard InChI is InChI=1S/C12H17N3O3.C11H13NO2/c1-3-8(10-11(16)14-12(17)13-10)6-15(2)9-4-5-18-7-9;1-3-12-7-8-4-5-9(14-2)6-10(8)11(12)13/h3,6,9-10H,1,4-5,7H2,2H3,(H2,13,14,16,17);4-6H,3,7H2,1-2H3/b8-6+;. The van der Waals surface area contributed by atoms with Gasteiger partial charge in [-0.1, -0.05) is 18.7 Å². The zero-order valence-electron chi connectivity index (χ0n) is 18.7. The van der Waals surface area contributed by atoms with Gasteiger partial charge in [0.2, 0.25) is 0 Å². The van der Waals surface area contributed by atoms with Gasteiger partial charge >= 0.3 is 6.03 Å². The average Bonchev–Trinajstić information content (AvgIpc) is 3.52. The van der Waals surface area contributed by atoms with Crippen molar-refractivity contribution >= 4 is 17.8 Å². The molecule has 2 saturated heterocycles. The molecule has 1 aromatic rings. The Hall–Kier alpha value is -3.33. The van der Waals surface area contributed by atoms with Crippen molar-refractivity contribution in [2.45, 2.75) is 32.0 Å². The number of benzene rings is 1. The van der Waals surface area contributed by atoms with Gasteiger partial charge in [-0.2, -0.15) is 0 Å². The van der Waals surface area contributed by atoms with Crippen molar-refractivity contribution in [2.24, 2.45) is 0 Å². The summed E-state index contributed by atoms with van der Waals surface area (Å²) in [6.45, 7) is 8.60. The van der Waals surface area contributed by atoms with Gasteiger partial charge in [0, 0.05) is 38.5 Å². The second-order valence-electron chi connectivity index (χ2n) is 7.75. The molecule has 2 fully saturated rings. The van der Waals surface area contributed by atoms with Crippen LogP contribution in [0.3, 0.4) is 0 Å². The summed E-state index contributed by atoms with van der Waals surface area (Å²) >= 11 is 0. The third-order valence-electron chi connectivity index (χ3n) is 5.76. The zero-order valence-corrected chi connectivity index (χ0v) is 18.7. The van der Waals surface area contributed by atoms with E-state index in [-0.39, 0.29) is 11.8 Å². The number of carbonyl (C=O) groups is 3. The van der Waals surface area contributed by atoms with E-state index in [2.05, 4.69) is 17.2 Å². The monoisotopic (exact) mass is 442 g/mol. The van der Waals surface area contributed by atoms with Gasteiger partial charge in [-0.3, -0.25) is 14.9 Å². The lowest BCUT2D eigenvalue weighted by atomic mass is 10.1. The van der Waals surface area contributed by atoms with Crippen LogP contribution in [0.15, 0.2) is 42.6 Å². The largest absolute Gasteiger partial charge is 0.497 e. The van der Waals surface area contributed by atoms with E-state index in [0.717, 1.165) is 43.0 Å². The first kappa shape index (κ1) is 23.3. The van der Waals surface area contributed by atoms with Gasteiger partial charge in [-0.25, -0.2) is 4.79 Å².